The summed E-state index contributed by atoms with van der Waals surface area (Å²) >= 11 is 4.99. The molecule has 1 N–H and O–H groups in total. The number of hydrogen-bond acceptors (Lipinski definition) is 10. The van der Waals surface area contributed by atoms with Gasteiger partial charge in [0, 0.05) is 23.5 Å². The number of benzene rings is 2. The van der Waals surface area contributed by atoms with Crippen LogP contribution in [0.25, 0.3) is 33.8 Å². The Bertz CT molecular complexity index is 2380. The van der Waals surface area contributed by atoms with E-state index in [1.165, 1.54) is 49.9 Å². The van der Waals surface area contributed by atoms with Gasteiger partial charge < -0.3 is 19.3 Å². The van der Waals surface area contributed by atoms with Crippen molar-refractivity contribution < 1.29 is 63.2 Å². The molecule has 0 aliphatic heterocycles. The molecule has 0 radical (unpaired) electrons. The average Bonchev–Trinajstić information content (AvgIpc) is 3.98. The fraction of sp³-hybridized carbons (Fsp3) is 0.371. The summed E-state index contributed by atoms with van der Waals surface area (Å²) in [7, 11) is 0. The van der Waals surface area contributed by atoms with Gasteiger partial charge in [-0.1, -0.05) is 7.43 Å². The number of halogens is 11. The first kappa shape index (κ1) is 43.8. The van der Waals surface area contributed by atoms with E-state index in [1.54, 1.807) is 6.92 Å². The normalized spacial score (nSPS) is 14.6. The molecule has 0 atom stereocenters. The number of nitrogens with zero attached hydrogens (tertiary/aromatic N) is 8. The van der Waals surface area contributed by atoms with Gasteiger partial charge in [0.2, 0.25) is 11.6 Å². The minimum Gasteiger partial charge on any atom is -0.406 e. The van der Waals surface area contributed by atoms with Crippen molar-refractivity contribution >= 4 is 22.9 Å². The third kappa shape index (κ3) is 11.2. The molecule has 0 unspecified atom stereocenters. The Balaban J connectivity index is 0.000000199. The van der Waals surface area contributed by atoms with Gasteiger partial charge in [-0.15, -0.1) is 46.7 Å². The van der Waals surface area contributed by atoms with Crippen LogP contribution >= 0.6 is 11.6 Å². The Kier molecular flexibility index (Phi) is 12.4. The third-order valence-corrected chi connectivity index (χ3v) is 8.07. The highest BCUT2D eigenvalue weighted by atomic mass is 35.5. The maximum absolute atomic E-state index is 14.3. The fourth-order valence-electron chi connectivity index (χ4n) is 5.04. The Morgan fingerprint density at radius 2 is 1.07 bits per heavy atom. The second-order valence-electron chi connectivity index (χ2n) is 12.7. The molecule has 23 heteroatoms. The first-order valence-electron chi connectivity index (χ1n) is 16.5. The molecule has 2 aromatic carbocycles. The molecule has 2 aliphatic rings. The molecule has 0 spiro atoms. The van der Waals surface area contributed by atoms with Gasteiger partial charge in [0.05, 0.1) is 36.0 Å². The van der Waals surface area contributed by atoms with Gasteiger partial charge in [-0.05, 0) is 98.7 Å². The first-order valence-corrected chi connectivity index (χ1v) is 16.9. The number of rotatable bonds is 8. The predicted molar refractivity (Wildman–Crippen MR) is 185 cm³/mol. The van der Waals surface area contributed by atoms with E-state index < -0.39 is 47.7 Å². The van der Waals surface area contributed by atoms with E-state index in [0.29, 0.717) is 35.1 Å². The lowest BCUT2D eigenvalue weighted by Crippen LogP contribution is -2.23. The highest BCUT2D eigenvalue weighted by Crippen LogP contribution is 2.38. The number of hydrogen-bond donors (Lipinski definition) is 1. The summed E-state index contributed by atoms with van der Waals surface area (Å²) in [5.74, 6) is -2.26. The van der Waals surface area contributed by atoms with E-state index in [2.05, 4.69) is 39.8 Å². The molecule has 58 heavy (non-hydrogen) atoms. The summed E-state index contributed by atoms with van der Waals surface area (Å²) < 4.78 is 144. The van der Waals surface area contributed by atoms with Gasteiger partial charge in [-0.2, -0.15) is 17.6 Å². The van der Waals surface area contributed by atoms with Crippen molar-refractivity contribution in [3.63, 3.8) is 0 Å². The molecule has 312 valence electrons. The molecule has 0 amide bonds. The zero-order valence-corrected chi connectivity index (χ0v) is 29.9. The SMILES string of the molecule is C.Cc1cc(OC(F)(F)F)ccc1-c1cn2c(C(F)(F)Cl)nnc2cn1.Cc1cc(OC(F)(F)F)ccc1-c1cn2c(C(F)(F)OC3CC3)nnc2cn1.OC1CC1. The number of aryl methyl sites for hydroxylation is 2. The summed E-state index contributed by atoms with van der Waals surface area (Å²) in [4.78, 5) is 8.20. The van der Waals surface area contributed by atoms with E-state index in [0.717, 1.165) is 39.8 Å². The van der Waals surface area contributed by atoms with Crippen LogP contribution in [0, 0.1) is 13.8 Å². The van der Waals surface area contributed by atoms with Crippen LogP contribution in [-0.2, 0) is 16.2 Å². The Morgan fingerprint density at radius 3 is 1.43 bits per heavy atom. The van der Waals surface area contributed by atoms with Crippen LogP contribution in [0.5, 0.6) is 11.5 Å². The molecule has 12 nitrogen and oxygen atoms in total. The van der Waals surface area contributed by atoms with Crippen LogP contribution in [-0.4, -0.2) is 69.2 Å². The Labute approximate surface area is 326 Å². The van der Waals surface area contributed by atoms with E-state index in [9.17, 15) is 43.9 Å². The van der Waals surface area contributed by atoms with Crippen LogP contribution in [0.1, 0.15) is 55.9 Å². The lowest BCUT2D eigenvalue weighted by atomic mass is 10.1. The summed E-state index contributed by atoms with van der Waals surface area (Å²) in [6.45, 7) is 3.09. The zero-order chi connectivity index (χ0) is 41.5. The fourth-order valence-corrected chi connectivity index (χ4v) is 5.17. The Hall–Kier alpha value is -5.35. The smallest absolute Gasteiger partial charge is 0.406 e. The highest BCUT2D eigenvalue weighted by molar-refractivity contribution is 6.21. The van der Waals surface area contributed by atoms with Crippen LogP contribution < -0.4 is 9.47 Å². The Morgan fingerprint density at radius 1 is 0.655 bits per heavy atom. The van der Waals surface area contributed by atoms with Gasteiger partial charge in [0.15, 0.2) is 11.3 Å². The minimum atomic E-state index is -4.81. The van der Waals surface area contributed by atoms with Crippen molar-refractivity contribution in [2.45, 2.75) is 83.4 Å². The molecule has 2 saturated carbocycles. The quantitative estimate of drug-likeness (QED) is 0.117. The monoisotopic (exact) mass is 852 g/mol. The van der Waals surface area contributed by atoms with Crippen LogP contribution in [0.3, 0.4) is 0 Å². The largest absolute Gasteiger partial charge is 0.573 e. The van der Waals surface area contributed by atoms with Crippen LogP contribution in [0.15, 0.2) is 61.2 Å². The number of fused-ring (bicyclic) bond motifs is 2. The van der Waals surface area contributed by atoms with Gasteiger partial charge >= 0.3 is 24.2 Å². The van der Waals surface area contributed by atoms with Crippen molar-refractivity contribution in [2.24, 2.45) is 0 Å². The highest BCUT2D eigenvalue weighted by Gasteiger charge is 2.44. The molecule has 2 fully saturated rings. The number of ether oxygens (including phenoxy) is 3. The number of alkyl halides is 11. The summed E-state index contributed by atoms with van der Waals surface area (Å²) in [6.07, 6.45) is -5.49. The third-order valence-electron chi connectivity index (χ3n) is 7.90. The lowest BCUT2D eigenvalue weighted by Gasteiger charge is -2.15. The van der Waals surface area contributed by atoms with E-state index in [4.69, 9.17) is 21.4 Å². The average molecular weight is 853 g/mol. The van der Waals surface area contributed by atoms with E-state index >= 15 is 0 Å². The molecule has 4 heterocycles. The van der Waals surface area contributed by atoms with Crippen LogP contribution in [0.2, 0.25) is 0 Å². The summed E-state index contributed by atoms with van der Waals surface area (Å²) in [5, 5.41) is 18.5. The predicted octanol–water partition coefficient (Wildman–Crippen LogP) is 9.29. The molecular formula is C35H31ClF10N8O4. The summed E-state index contributed by atoms with van der Waals surface area (Å²) in [6, 6.07) is 7.29. The first-order chi connectivity index (χ1) is 26.6. The topological polar surface area (TPSA) is 134 Å². The van der Waals surface area contributed by atoms with Crippen molar-refractivity contribution in [2.75, 3.05) is 0 Å². The maximum atomic E-state index is 14.3. The van der Waals surface area contributed by atoms with Crippen molar-refractivity contribution in [3.05, 3.63) is 84.0 Å². The van der Waals surface area contributed by atoms with E-state index in [1.807, 2.05) is 0 Å². The molecule has 2 aliphatic carbocycles. The number of aliphatic hydroxyl groups excluding tert-OH is 1. The molecule has 0 bridgehead atoms. The summed E-state index contributed by atoms with van der Waals surface area (Å²) in [5.41, 5.74) is 2.32. The van der Waals surface area contributed by atoms with Gasteiger partial charge in [-0.25, -0.2) is 0 Å². The van der Waals surface area contributed by atoms with Crippen molar-refractivity contribution in [1.82, 2.24) is 39.2 Å². The molecule has 4 aromatic heterocycles. The molecule has 0 saturated heterocycles. The van der Waals surface area contributed by atoms with Gasteiger partial charge in [-0.3, -0.25) is 18.8 Å². The van der Waals surface area contributed by atoms with Crippen LogP contribution in [0.4, 0.5) is 43.9 Å². The number of aromatic nitrogens is 8. The lowest BCUT2D eigenvalue weighted by molar-refractivity contribution is -0.275. The molecular weight excluding hydrogens is 822 g/mol. The second kappa shape index (κ2) is 16.5. The number of aliphatic hydroxyl groups is 1. The van der Waals surface area contributed by atoms with Crippen molar-refractivity contribution in [3.8, 4) is 34.0 Å². The van der Waals surface area contributed by atoms with Gasteiger partial charge in [0.1, 0.15) is 11.5 Å². The maximum Gasteiger partial charge on any atom is 0.573 e. The minimum absolute atomic E-state index is 0. The molecule has 6 aromatic rings. The van der Waals surface area contributed by atoms with Gasteiger partial charge in [0.25, 0.3) is 0 Å². The zero-order valence-electron chi connectivity index (χ0n) is 29.2. The standard InChI is InChI=1S/C17H13F5N4O2.C14H8ClF5N4O.C3H6O.CH4/c1-9-6-11(28-17(20,21)22)4-5-12(9)13-8-26-14(7-23-13)24-25-15(26)16(18,19)27-10-2-3-10;1-7-4-8(25-14(18,19)20)2-3-9(7)10-6-24-11(5-21-10)22-23-12(24)13(15,16)17;4-3-1-2-3;/h4-8,10H,2-3H2,1H3;2-6H,1H3;3-4H,1-2H2;1H4. The van der Waals surface area contributed by atoms with E-state index in [-0.39, 0.29) is 42.0 Å². The second-order valence-corrected chi connectivity index (χ2v) is 13.1. The molecule has 8 rings (SSSR count). The van der Waals surface area contributed by atoms with Crippen molar-refractivity contribution in [1.29, 1.82) is 0 Å².